The Kier molecular flexibility index (Phi) is 5.62. The number of hydrogen-bond acceptors (Lipinski definition) is 3. The van der Waals surface area contributed by atoms with Gasteiger partial charge < -0.3 is 20.6 Å². The van der Waals surface area contributed by atoms with Crippen molar-refractivity contribution >= 4 is 12.0 Å². The lowest BCUT2D eigenvalue weighted by Crippen LogP contribution is -2.38. The highest BCUT2D eigenvalue weighted by Gasteiger charge is 2.01. The van der Waals surface area contributed by atoms with Gasteiger partial charge in [0.2, 0.25) is 5.91 Å². The zero-order valence-electron chi connectivity index (χ0n) is 7.83. The number of amides is 2. The summed E-state index contributed by atoms with van der Waals surface area (Å²) < 4.78 is 0. The Morgan fingerprint density at radius 2 is 1.92 bits per heavy atom. The molecule has 0 aromatic rings. The van der Waals surface area contributed by atoms with E-state index in [2.05, 4.69) is 5.32 Å². The summed E-state index contributed by atoms with van der Waals surface area (Å²) in [4.78, 5) is 22.8. The van der Waals surface area contributed by atoms with Crippen LogP contribution in [0.4, 0.5) is 4.79 Å². The van der Waals surface area contributed by atoms with Crippen LogP contribution in [0.25, 0.3) is 0 Å². The van der Waals surface area contributed by atoms with Crippen molar-refractivity contribution in [2.45, 2.75) is 0 Å². The van der Waals surface area contributed by atoms with E-state index < -0.39 is 6.09 Å². The summed E-state index contributed by atoms with van der Waals surface area (Å²) in [6.45, 7) is 1.06. The van der Waals surface area contributed by atoms with Gasteiger partial charge in [-0.1, -0.05) is 0 Å². The van der Waals surface area contributed by atoms with Crippen molar-refractivity contribution in [3.8, 4) is 0 Å². The van der Waals surface area contributed by atoms with Crippen LogP contribution in [-0.4, -0.2) is 55.7 Å². The van der Waals surface area contributed by atoms with E-state index in [0.717, 1.165) is 6.54 Å². The molecule has 0 rings (SSSR count). The van der Waals surface area contributed by atoms with E-state index in [1.165, 1.54) is 0 Å². The Bertz CT molecular complexity index is 182. The van der Waals surface area contributed by atoms with Crippen LogP contribution in [0.3, 0.4) is 0 Å². The molecule has 0 saturated carbocycles. The van der Waals surface area contributed by atoms with Crippen molar-refractivity contribution in [1.29, 1.82) is 0 Å². The summed E-state index contributed by atoms with van der Waals surface area (Å²) in [5, 5.41) is 12.7. The summed E-state index contributed by atoms with van der Waals surface area (Å²) in [7, 11) is 3.78. The zero-order valence-corrected chi connectivity index (χ0v) is 7.83. The second kappa shape index (κ2) is 6.24. The summed E-state index contributed by atoms with van der Waals surface area (Å²) in [5.74, 6) is -0.316. The highest BCUT2D eigenvalue weighted by Crippen LogP contribution is 1.71. The maximum atomic E-state index is 10.9. The van der Waals surface area contributed by atoms with Crippen molar-refractivity contribution in [2.75, 3.05) is 33.7 Å². The molecule has 6 nitrogen and oxygen atoms in total. The zero-order chi connectivity index (χ0) is 10.3. The number of carbonyl (C=O) groups excluding carboxylic acids is 1. The normalized spacial score (nSPS) is 9.77. The summed E-state index contributed by atoms with van der Waals surface area (Å²) in [6, 6.07) is 0. The fourth-order valence-electron chi connectivity index (χ4n) is 0.637. The first-order valence-corrected chi connectivity index (χ1v) is 3.90. The predicted molar refractivity (Wildman–Crippen MR) is 47.6 cm³/mol. The number of nitrogens with one attached hydrogen (secondary N) is 2. The van der Waals surface area contributed by atoms with Crippen molar-refractivity contribution < 1.29 is 14.7 Å². The first-order valence-electron chi connectivity index (χ1n) is 3.90. The lowest BCUT2D eigenvalue weighted by atomic mass is 10.5. The number of rotatable bonds is 5. The Morgan fingerprint density at radius 1 is 1.31 bits per heavy atom. The lowest BCUT2D eigenvalue weighted by Gasteiger charge is -2.09. The van der Waals surface area contributed by atoms with Gasteiger partial charge in [0.1, 0.15) is 0 Å². The van der Waals surface area contributed by atoms with Gasteiger partial charge in [-0.25, -0.2) is 4.79 Å². The number of carboxylic acid groups (broad SMARTS) is 1. The quantitative estimate of drug-likeness (QED) is 0.514. The van der Waals surface area contributed by atoms with E-state index in [1.807, 2.05) is 24.3 Å². The van der Waals surface area contributed by atoms with Crippen molar-refractivity contribution in [1.82, 2.24) is 15.5 Å². The number of carbonyl (C=O) groups is 2. The molecular weight excluding hydrogens is 174 g/mol. The Labute approximate surface area is 76.9 Å². The SMILES string of the molecule is CN(C)CCNC(=O)CNC(=O)O. The predicted octanol–water partition coefficient (Wildman–Crippen LogP) is -1.07. The third-order valence-electron chi connectivity index (χ3n) is 1.28. The van der Waals surface area contributed by atoms with E-state index in [0.29, 0.717) is 6.54 Å². The summed E-state index contributed by atoms with van der Waals surface area (Å²) >= 11 is 0. The highest BCUT2D eigenvalue weighted by molar-refractivity contribution is 5.81. The van der Waals surface area contributed by atoms with Gasteiger partial charge >= 0.3 is 6.09 Å². The Balaban J connectivity index is 3.36. The van der Waals surface area contributed by atoms with Gasteiger partial charge in [0.25, 0.3) is 0 Å². The standard InChI is InChI=1S/C7H15N3O3/c1-10(2)4-3-8-6(11)5-9-7(12)13/h9H,3-5H2,1-2H3,(H,8,11)(H,12,13). The average Bonchev–Trinajstić information content (AvgIpc) is 2.00. The van der Waals surface area contributed by atoms with Gasteiger partial charge in [-0.2, -0.15) is 0 Å². The monoisotopic (exact) mass is 189 g/mol. The average molecular weight is 189 g/mol. The molecule has 0 aliphatic carbocycles. The third-order valence-corrected chi connectivity index (χ3v) is 1.28. The van der Waals surface area contributed by atoms with Gasteiger partial charge in [0.15, 0.2) is 0 Å². The fourth-order valence-corrected chi connectivity index (χ4v) is 0.637. The van der Waals surface area contributed by atoms with Gasteiger partial charge in [-0.05, 0) is 14.1 Å². The van der Waals surface area contributed by atoms with Gasteiger partial charge in [0, 0.05) is 13.1 Å². The first-order chi connectivity index (χ1) is 6.02. The molecule has 76 valence electrons. The second-order valence-corrected chi connectivity index (χ2v) is 2.81. The van der Waals surface area contributed by atoms with Crippen LogP contribution in [0, 0.1) is 0 Å². The Hall–Kier alpha value is -1.30. The molecule has 0 atom stereocenters. The maximum Gasteiger partial charge on any atom is 0.405 e. The molecule has 0 radical (unpaired) electrons. The second-order valence-electron chi connectivity index (χ2n) is 2.81. The molecule has 0 unspecified atom stereocenters. The molecule has 13 heavy (non-hydrogen) atoms. The molecule has 0 aliphatic rings. The van der Waals surface area contributed by atoms with E-state index in [1.54, 1.807) is 0 Å². The van der Waals surface area contributed by atoms with Crippen LogP contribution < -0.4 is 10.6 Å². The van der Waals surface area contributed by atoms with E-state index in [9.17, 15) is 9.59 Å². The molecule has 0 bridgehead atoms. The van der Waals surface area contributed by atoms with E-state index >= 15 is 0 Å². The molecule has 0 spiro atoms. The van der Waals surface area contributed by atoms with Crippen LogP contribution in [0.1, 0.15) is 0 Å². The maximum absolute atomic E-state index is 10.9. The molecule has 0 fully saturated rings. The van der Waals surface area contributed by atoms with E-state index in [4.69, 9.17) is 5.11 Å². The fraction of sp³-hybridized carbons (Fsp3) is 0.714. The third kappa shape index (κ3) is 8.61. The number of likely N-dealkylation sites (N-methyl/N-ethyl adjacent to an activating group) is 1. The highest BCUT2D eigenvalue weighted by atomic mass is 16.4. The molecule has 0 aliphatic heterocycles. The summed E-state index contributed by atoms with van der Waals surface area (Å²) in [5.41, 5.74) is 0. The molecule has 0 saturated heterocycles. The first kappa shape index (κ1) is 11.7. The van der Waals surface area contributed by atoms with Gasteiger partial charge in [0.05, 0.1) is 6.54 Å². The van der Waals surface area contributed by atoms with Crippen LogP contribution in [0.5, 0.6) is 0 Å². The Morgan fingerprint density at radius 3 is 2.38 bits per heavy atom. The largest absolute Gasteiger partial charge is 0.465 e. The molecule has 3 N–H and O–H groups in total. The minimum atomic E-state index is -1.19. The van der Waals surface area contributed by atoms with Crippen LogP contribution in [0.2, 0.25) is 0 Å². The van der Waals surface area contributed by atoms with Gasteiger partial charge in [-0.15, -0.1) is 0 Å². The molecule has 0 heterocycles. The lowest BCUT2D eigenvalue weighted by molar-refractivity contribution is -0.120. The minimum absolute atomic E-state index is 0.192. The van der Waals surface area contributed by atoms with Gasteiger partial charge in [-0.3, -0.25) is 4.79 Å². The van der Waals surface area contributed by atoms with Crippen molar-refractivity contribution in [2.24, 2.45) is 0 Å². The number of nitrogens with zero attached hydrogens (tertiary/aromatic N) is 1. The minimum Gasteiger partial charge on any atom is -0.465 e. The molecular formula is C7H15N3O3. The molecule has 0 aromatic heterocycles. The topological polar surface area (TPSA) is 81.7 Å². The van der Waals surface area contributed by atoms with Crippen LogP contribution >= 0.6 is 0 Å². The van der Waals surface area contributed by atoms with E-state index in [-0.39, 0.29) is 12.5 Å². The molecule has 2 amide bonds. The summed E-state index contributed by atoms with van der Waals surface area (Å²) in [6.07, 6.45) is -1.19. The number of hydrogen-bond donors (Lipinski definition) is 3. The van der Waals surface area contributed by atoms with Crippen LogP contribution in [0.15, 0.2) is 0 Å². The smallest absolute Gasteiger partial charge is 0.405 e. The van der Waals surface area contributed by atoms with Crippen molar-refractivity contribution in [3.63, 3.8) is 0 Å². The van der Waals surface area contributed by atoms with Crippen LogP contribution in [-0.2, 0) is 4.79 Å². The van der Waals surface area contributed by atoms with Crippen molar-refractivity contribution in [3.05, 3.63) is 0 Å². The molecule has 0 aromatic carbocycles. The molecule has 6 heteroatoms.